The van der Waals surface area contributed by atoms with Gasteiger partial charge in [0.15, 0.2) is 5.11 Å². The highest BCUT2D eigenvalue weighted by atomic mass is 35.5. The second-order valence-corrected chi connectivity index (χ2v) is 8.01. The first-order valence-electron chi connectivity index (χ1n) is 8.36. The van der Waals surface area contributed by atoms with E-state index < -0.39 is 5.97 Å². The summed E-state index contributed by atoms with van der Waals surface area (Å²) >= 11 is 18.8. The van der Waals surface area contributed by atoms with Crippen LogP contribution in [-0.4, -0.2) is 17.7 Å². The van der Waals surface area contributed by atoms with Crippen LogP contribution in [0.1, 0.15) is 17.3 Å². The van der Waals surface area contributed by atoms with Crippen molar-refractivity contribution in [3.05, 3.63) is 70.2 Å². The Morgan fingerprint density at radius 3 is 2.39 bits per heavy atom. The Bertz CT molecular complexity index is 986. The number of thiophene rings is 1. The third-order valence-electron chi connectivity index (χ3n) is 3.63. The van der Waals surface area contributed by atoms with Gasteiger partial charge in [-0.3, -0.25) is 0 Å². The quantitative estimate of drug-likeness (QED) is 0.334. The third kappa shape index (κ3) is 5.23. The fraction of sp³-hybridized carbons (Fsp3) is 0.100. The topological polar surface area (TPSA) is 50.4 Å². The van der Waals surface area contributed by atoms with E-state index in [0.717, 1.165) is 10.4 Å². The number of benzene rings is 2. The van der Waals surface area contributed by atoms with Crippen LogP contribution in [0.5, 0.6) is 0 Å². The Kier molecular flexibility index (Phi) is 6.91. The van der Waals surface area contributed by atoms with Crippen LogP contribution in [0, 0.1) is 0 Å². The number of carbonyl (C=O) groups is 1. The molecule has 3 aromatic rings. The van der Waals surface area contributed by atoms with Gasteiger partial charge in [0, 0.05) is 20.6 Å². The minimum atomic E-state index is -0.406. The van der Waals surface area contributed by atoms with Gasteiger partial charge < -0.3 is 15.4 Å². The highest BCUT2D eigenvalue weighted by Crippen LogP contribution is 2.36. The van der Waals surface area contributed by atoms with Gasteiger partial charge in [-0.1, -0.05) is 53.5 Å². The highest BCUT2D eigenvalue weighted by molar-refractivity contribution is 7.80. The maximum Gasteiger partial charge on any atom is 0.341 e. The zero-order chi connectivity index (χ0) is 20.1. The van der Waals surface area contributed by atoms with Crippen LogP contribution >= 0.6 is 46.8 Å². The van der Waals surface area contributed by atoms with Gasteiger partial charge in [-0.15, -0.1) is 11.3 Å². The average Bonchev–Trinajstić information content (AvgIpc) is 3.05. The number of esters is 1. The number of anilines is 2. The molecule has 0 aliphatic heterocycles. The van der Waals surface area contributed by atoms with Gasteiger partial charge in [0.1, 0.15) is 5.00 Å². The van der Waals surface area contributed by atoms with E-state index in [9.17, 15) is 4.79 Å². The lowest BCUT2D eigenvalue weighted by atomic mass is 10.1. The van der Waals surface area contributed by atoms with Crippen molar-refractivity contribution in [1.29, 1.82) is 0 Å². The molecule has 0 aliphatic carbocycles. The smallest absolute Gasteiger partial charge is 0.341 e. The van der Waals surface area contributed by atoms with E-state index in [0.29, 0.717) is 38.0 Å². The molecule has 0 radical (unpaired) electrons. The Morgan fingerprint density at radius 2 is 1.75 bits per heavy atom. The van der Waals surface area contributed by atoms with Gasteiger partial charge >= 0.3 is 5.97 Å². The van der Waals surface area contributed by atoms with Crippen molar-refractivity contribution in [2.24, 2.45) is 0 Å². The number of halogens is 2. The van der Waals surface area contributed by atoms with Crippen molar-refractivity contribution < 1.29 is 9.53 Å². The van der Waals surface area contributed by atoms with E-state index in [2.05, 4.69) is 10.6 Å². The van der Waals surface area contributed by atoms with Crippen LogP contribution in [0.25, 0.3) is 10.4 Å². The first-order chi connectivity index (χ1) is 13.5. The van der Waals surface area contributed by atoms with Crippen molar-refractivity contribution in [1.82, 2.24) is 0 Å². The molecule has 0 atom stereocenters. The van der Waals surface area contributed by atoms with Crippen LogP contribution in [0.4, 0.5) is 10.7 Å². The average molecular weight is 451 g/mol. The molecule has 1 heterocycles. The van der Waals surface area contributed by atoms with E-state index in [1.807, 2.05) is 30.3 Å². The molecule has 0 saturated heterocycles. The second kappa shape index (κ2) is 9.39. The third-order valence-corrected chi connectivity index (χ3v) is 5.37. The van der Waals surface area contributed by atoms with E-state index in [4.69, 9.17) is 40.2 Å². The van der Waals surface area contributed by atoms with Crippen molar-refractivity contribution in [2.45, 2.75) is 6.92 Å². The van der Waals surface area contributed by atoms with Gasteiger partial charge in [-0.25, -0.2) is 4.79 Å². The van der Waals surface area contributed by atoms with Gasteiger partial charge in [-0.2, -0.15) is 0 Å². The van der Waals surface area contributed by atoms with E-state index in [1.54, 1.807) is 31.2 Å². The molecule has 0 saturated carbocycles. The highest BCUT2D eigenvalue weighted by Gasteiger charge is 2.19. The van der Waals surface area contributed by atoms with E-state index in [-0.39, 0.29) is 0 Å². The Hall–Kier alpha value is -2.12. The van der Waals surface area contributed by atoms with Crippen LogP contribution < -0.4 is 10.6 Å². The second-order valence-electron chi connectivity index (χ2n) is 5.68. The van der Waals surface area contributed by atoms with E-state index >= 15 is 0 Å². The minimum Gasteiger partial charge on any atom is -0.462 e. The summed E-state index contributed by atoms with van der Waals surface area (Å²) in [5.41, 5.74) is 2.08. The molecule has 3 rings (SSSR count). The first kappa shape index (κ1) is 20.6. The fourth-order valence-electron chi connectivity index (χ4n) is 2.48. The molecule has 144 valence electrons. The SMILES string of the molecule is CCOC(=O)c1cc(-c2ccccc2)sc1NC(=S)Nc1cc(Cl)cc(Cl)c1. The normalized spacial score (nSPS) is 10.4. The van der Waals surface area contributed by atoms with Gasteiger partial charge in [0.2, 0.25) is 0 Å². The van der Waals surface area contributed by atoms with Gasteiger partial charge in [0.05, 0.1) is 12.2 Å². The number of hydrogen-bond acceptors (Lipinski definition) is 4. The first-order valence-corrected chi connectivity index (χ1v) is 10.3. The number of rotatable bonds is 5. The number of hydrogen-bond donors (Lipinski definition) is 2. The van der Waals surface area contributed by atoms with Gasteiger partial charge in [0.25, 0.3) is 0 Å². The van der Waals surface area contributed by atoms with Gasteiger partial charge in [-0.05, 0) is 49.0 Å². The molecule has 0 bridgehead atoms. The zero-order valence-electron chi connectivity index (χ0n) is 14.8. The Balaban J connectivity index is 1.85. The lowest BCUT2D eigenvalue weighted by molar-refractivity contribution is 0.0528. The molecule has 1 aromatic heterocycles. The molecular formula is C20H16Cl2N2O2S2. The fourth-order valence-corrected chi connectivity index (χ4v) is 4.35. The summed E-state index contributed by atoms with van der Waals surface area (Å²) in [4.78, 5) is 13.3. The molecule has 2 N–H and O–H groups in total. The Labute approximate surface area is 182 Å². The number of nitrogens with one attached hydrogen (secondary N) is 2. The largest absolute Gasteiger partial charge is 0.462 e. The molecular weight excluding hydrogens is 435 g/mol. The summed E-state index contributed by atoms with van der Waals surface area (Å²) < 4.78 is 5.18. The maximum absolute atomic E-state index is 12.4. The summed E-state index contributed by atoms with van der Waals surface area (Å²) in [5, 5.41) is 8.00. The summed E-state index contributed by atoms with van der Waals surface area (Å²) in [7, 11) is 0. The predicted octanol–water partition coefficient (Wildman–Crippen LogP) is 6.71. The molecule has 8 heteroatoms. The summed E-state index contributed by atoms with van der Waals surface area (Å²) in [6, 6.07) is 16.6. The number of ether oxygens (including phenoxy) is 1. The number of thiocarbonyl (C=S) groups is 1. The maximum atomic E-state index is 12.4. The minimum absolute atomic E-state index is 0.290. The molecule has 0 unspecified atom stereocenters. The molecule has 0 amide bonds. The monoisotopic (exact) mass is 450 g/mol. The lowest BCUT2D eigenvalue weighted by Crippen LogP contribution is -2.20. The molecule has 0 aliphatic rings. The van der Waals surface area contributed by atoms with Crippen LogP contribution in [0.2, 0.25) is 10.0 Å². The van der Waals surface area contributed by atoms with Crippen LogP contribution in [0.15, 0.2) is 54.6 Å². The van der Waals surface area contributed by atoms with E-state index in [1.165, 1.54) is 11.3 Å². The molecule has 0 fully saturated rings. The van der Waals surface area contributed by atoms with Crippen LogP contribution in [-0.2, 0) is 4.74 Å². The number of carbonyl (C=O) groups excluding carboxylic acids is 1. The summed E-state index contributed by atoms with van der Waals surface area (Å²) in [5.74, 6) is -0.406. The summed E-state index contributed by atoms with van der Waals surface area (Å²) in [6.07, 6.45) is 0. The van der Waals surface area contributed by atoms with Crippen LogP contribution in [0.3, 0.4) is 0 Å². The molecule has 0 spiro atoms. The van der Waals surface area contributed by atoms with Crippen molar-refractivity contribution >= 4 is 68.5 Å². The summed E-state index contributed by atoms with van der Waals surface area (Å²) in [6.45, 7) is 2.06. The molecule has 28 heavy (non-hydrogen) atoms. The zero-order valence-corrected chi connectivity index (χ0v) is 17.9. The molecule has 2 aromatic carbocycles. The molecule has 4 nitrogen and oxygen atoms in total. The van der Waals surface area contributed by atoms with Crippen molar-refractivity contribution in [2.75, 3.05) is 17.2 Å². The predicted molar refractivity (Wildman–Crippen MR) is 122 cm³/mol. The van der Waals surface area contributed by atoms with Crippen molar-refractivity contribution in [3.8, 4) is 10.4 Å². The standard InChI is InChI=1S/C20H16Cl2N2O2S2/c1-2-26-19(25)16-11-17(12-6-4-3-5-7-12)28-18(16)24-20(27)23-15-9-13(21)8-14(22)10-15/h3-11H,2H2,1H3,(H2,23,24,27). The Morgan fingerprint density at radius 1 is 1.07 bits per heavy atom. The van der Waals surface area contributed by atoms with Crippen molar-refractivity contribution in [3.63, 3.8) is 0 Å². The lowest BCUT2D eigenvalue weighted by Gasteiger charge is -2.11.